The van der Waals surface area contributed by atoms with Gasteiger partial charge in [-0.3, -0.25) is 9.69 Å². The number of fused-ring (bicyclic) bond motifs is 1. The number of anilines is 1. The van der Waals surface area contributed by atoms with E-state index in [0.717, 1.165) is 22.5 Å². The van der Waals surface area contributed by atoms with Crippen molar-refractivity contribution in [2.45, 2.75) is 104 Å². The third-order valence-electron chi connectivity index (χ3n) is 8.99. The van der Waals surface area contributed by atoms with Crippen molar-refractivity contribution in [1.82, 2.24) is 14.8 Å². The Bertz CT molecular complexity index is 1380. The number of benzene rings is 1. The molecule has 0 saturated carbocycles. The molecule has 2 aliphatic rings. The molecule has 1 aromatic heterocycles. The van der Waals surface area contributed by atoms with Crippen LogP contribution in [-0.2, 0) is 21.4 Å². The predicted molar refractivity (Wildman–Crippen MR) is 175 cm³/mol. The number of halogens is 1. The van der Waals surface area contributed by atoms with Crippen LogP contribution in [0.5, 0.6) is 5.88 Å². The molecule has 1 aromatic carbocycles. The van der Waals surface area contributed by atoms with E-state index in [4.69, 9.17) is 14.1 Å². The summed E-state index contributed by atoms with van der Waals surface area (Å²) in [6.07, 6.45) is 0.193. The first-order valence-electron chi connectivity index (χ1n) is 15.7. The highest BCUT2D eigenvalue weighted by atomic mass is 28.4. The molecule has 0 spiro atoms. The second-order valence-corrected chi connectivity index (χ2v) is 20.3. The number of amides is 2. The molecular weight excluding hydrogens is 575 g/mol. The van der Waals surface area contributed by atoms with Crippen LogP contribution in [0.15, 0.2) is 30.3 Å². The van der Waals surface area contributed by atoms with E-state index in [2.05, 4.69) is 58.7 Å². The third-order valence-corrected chi connectivity index (χ3v) is 13.3. The van der Waals surface area contributed by atoms with Crippen molar-refractivity contribution in [3.05, 3.63) is 53.0 Å². The summed E-state index contributed by atoms with van der Waals surface area (Å²) in [6.45, 7) is 25.3. The second-order valence-electron chi connectivity index (χ2n) is 15.6. The van der Waals surface area contributed by atoms with Crippen molar-refractivity contribution in [3.63, 3.8) is 0 Å². The molecule has 0 radical (unpaired) electrons. The maximum absolute atomic E-state index is 13.9. The van der Waals surface area contributed by atoms with E-state index in [1.807, 2.05) is 32.6 Å². The van der Waals surface area contributed by atoms with Crippen molar-refractivity contribution in [2.24, 2.45) is 0 Å². The lowest BCUT2D eigenvalue weighted by atomic mass is 9.91. The molecule has 10 heteroatoms. The standard InChI is InChI=1S/C34H51FN4O4Si/c1-23-20-37(16-17-38(23)31(41)42-32(2,3)4)21-28(40)39-22-34(8,9)29-27(39)19-25(18-24-12-14-26(35)15-13-24)30(36-29)43-44(10,11)33(5,6)7/h12-15,19,23H,16-18,20-22H2,1-11H3. The minimum Gasteiger partial charge on any atom is -0.530 e. The fourth-order valence-electron chi connectivity index (χ4n) is 5.48. The molecule has 1 unspecified atom stereocenters. The summed E-state index contributed by atoms with van der Waals surface area (Å²) in [5.74, 6) is 0.329. The van der Waals surface area contributed by atoms with Crippen molar-refractivity contribution >= 4 is 26.0 Å². The average molecular weight is 627 g/mol. The number of hydrogen-bond donors (Lipinski definition) is 0. The number of carbonyl (C=O) groups is 2. The highest BCUT2D eigenvalue weighted by Crippen LogP contribution is 2.44. The Labute approximate surface area is 264 Å². The summed E-state index contributed by atoms with van der Waals surface area (Å²) in [5, 5.41) is -0.0248. The second kappa shape index (κ2) is 12.1. The highest BCUT2D eigenvalue weighted by Gasteiger charge is 2.44. The number of pyridine rings is 1. The fourth-order valence-corrected chi connectivity index (χ4v) is 6.45. The van der Waals surface area contributed by atoms with Crippen LogP contribution < -0.4 is 9.33 Å². The summed E-state index contributed by atoms with van der Waals surface area (Å²) in [7, 11) is -2.23. The van der Waals surface area contributed by atoms with Crippen LogP contribution in [0.4, 0.5) is 14.9 Å². The van der Waals surface area contributed by atoms with Gasteiger partial charge in [-0.1, -0.05) is 46.8 Å². The number of nitrogens with zero attached hydrogens (tertiary/aromatic N) is 4. The van der Waals surface area contributed by atoms with Gasteiger partial charge in [-0.05, 0) is 69.6 Å². The lowest BCUT2D eigenvalue weighted by molar-refractivity contribution is -0.120. The number of piperazine rings is 1. The van der Waals surface area contributed by atoms with Crippen LogP contribution in [0.1, 0.15) is 79.1 Å². The highest BCUT2D eigenvalue weighted by molar-refractivity contribution is 6.74. The summed E-state index contributed by atoms with van der Waals surface area (Å²) in [6, 6.07) is 8.48. The average Bonchev–Trinajstić information content (AvgIpc) is 3.13. The number of carbonyl (C=O) groups excluding carboxylic acids is 2. The Morgan fingerprint density at radius 3 is 2.27 bits per heavy atom. The monoisotopic (exact) mass is 626 g/mol. The van der Waals surface area contributed by atoms with Crippen molar-refractivity contribution in [1.29, 1.82) is 0 Å². The van der Waals surface area contributed by atoms with Gasteiger partial charge in [0.25, 0.3) is 8.32 Å². The zero-order valence-corrected chi connectivity index (χ0v) is 29.5. The van der Waals surface area contributed by atoms with E-state index < -0.39 is 13.9 Å². The molecule has 1 saturated heterocycles. The number of rotatable bonds is 6. The van der Waals surface area contributed by atoms with E-state index in [0.29, 0.717) is 38.5 Å². The summed E-state index contributed by atoms with van der Waals surface area (Å²) < 4.78 is 26.1. The van der Waals surface area contributed by atoms with Crippen LogP contribution in [-0.4, -0.2) is 79.5 Å². The molecule has 242 valence electrons. The van der Waals surface area contributed by atoms with Gasteiger partial charge in [0.15, 0.2) is 0 Å². The molecule has 0 N–H and O–H groups in total. The zero-order valence-electron chi connectivity index (χ0n) is 28.5. The molecule has 1 atom stereocenters. The molecule has 44 heavy (non-hydrogen) atoms. The van der Waals surface area contributed by atoms with E-state index in [1.54, 1.807) is 17.0 Å². The molecule has 2 aromatic rings. The lowest BCUT2D eigenvalue weighted by Gasteiger charge is -2.40. The Hall–Kier alpha value is -2.98. The van der Waals surface area contributed by atoms with Gasteiger partial charge < -0.3 is 19.0 Å². The van der Waals surface area contributed by atoms with Gasteiger partial charge in [0.1, 0.15) is 11.4 Å². The van der Waals surface area contributed by atoms with Crippen LogP contribution in [0.25, 0.3) is 0 Å². The quantitative estimate of drug-likeness (QED) is 0.330. The molecule has 1 fully saturated rings. The van der Waals surface area contributed by atoms with Crippen molar-refractivity contribution in [3.8, 4) is 5.88 Å². The Morgan fingerprint density at radius 1 is 1.07 bits per heavy atom. The largest absolute Gasteiger partial charge is 0.530 e. The summed E-state index contributed by atoms with van der Waals surface area (Å²) >= 11 is 0. The Balaban J connectivity index is 1.60. The summed E-state index contributed by atoms with van der Waals surface area (Å²) in [5.41, 5.74) is 2.56. The minimum absolute atomic E-state index is 0.00217. The third kappa shape index (κ3) is 7.62. The molecule has 2 amide bonds. The van der Waals surface area contributed by atoms with Gasteiger partial charge in [-0.15, -0.1) is 0 Å². The first kappa shape index (κ1) is 33.9. The molecular formula is C34H51FN4O4Si. The van der Waals surface area contributed by atoms with Crippen LogP contribution in [0.2, 0.25) is 18.1 Å². The van der Waals surface area contributed by atoms with Gasteiger partial charge in [0.2, 0.25) is 11.8 Å². The smallest absolute Gasteiger partial charge is 0.410 e. The van der Waals surface area contributed by atoms with E-state index >= 15 is 0 Å². The Morgan fingerprint density at radius 2 is 1.70 bits per heavy atom. The fraction of sp³-hybridized carbons (Fsp3) is 0.618. The lowest BCUT2D eigenvalue weighted by Crippen LogP contribution is -2.56. The van der Waals surface area contributed by atoms with E-state index in [-0.39, 0.29) is 40.9 Å². The topological polar surface area (TPSA) is 75.2 Å². The maximum Gasteiger partial charge on any atom is 0.410 e. The van der Waals surface area contributed by atoms with Gasteiger partial charge in [0.05, 0.1) is 17.9 Å². The minimum atomic E-state index is -2.23. The number of aromatic nitrogens is 1. The molecule has 2 aliphatic heterocycles. The van der Waals surface area contributed by atoms with E-state index in [9.17, 15) is 14.0 Å². The molecule has 0 bridgehead atoms. The molecule has 3 heterocycles. The molecule has 4 rings (SSSR count). The van der Waals surface area contributed by atoms with Crippen molar-refractivity contribution < 1.29 is 23.1 Å². The Kier molecular flexibility index (Phi) is 9.31. The van der Waals surface area contributed by atoms with Gasteiger partial charge >= 0.3 is 6.09 Å². The first-order chi connectivity index (χ1) is 20.2. The van der Waals surface area contributed by atoms with Crippen LogP contribution in [0.3, 0.4) is 0 Å². The van der Waals surface area contributed by atoms with Crippen molar-refractivity contribution in [2.75, 3.05) is 37.6 Å². The zero-order chi connectivity index (χ0) is 32.8. The van der Waals surface area contributed by atoms with Crippen LogP contribution >= 0.6 is 0 Å². The SMILES string of the molecule is CC1CN(CC(=O)N2CC(C)(C)c3nc(O[Si](C)(C)C(C)(C)C)c(Cc4ccc(F)cc4)cc32)CCN1C(=O)OC(C)(C)C. The van der Waals surface area contributed by atoms with Gasteiger partial charge in [-0.2, -0.15) is 0 Å². The molecule has 0 aliphatic carbocycles. The first-order valence-corrected chi connectivity index (χ1v) is 18.6. The van der Waals surface area contributed by atoms with Gasteiger partial charge in [0, 0.05) is 49.6 Å². The van der Waals surface area contributed by atoms with E-state index in [1.165, 1.54) is 12.1 Å². The summed E-state index contributed by atoms with van der Waals surface area (Å²) in [4.78, 5) is 37.5. The number of hydrogen-bond acceptors (Lipinski definition) is 6. The molecule has 8 nitrogen and oxygen atoms in total. The normalized spacial score (nSPS) is 19.1. The van der Waals surface area contributed by atoms with Crippen LogP contribution in [0, 0.1) is 5.82 Å². The maximum atomic E-state index is 13.9. The number of ether oxygens (including phenoxy) is 1. The predicted octanol–water partition coefficient (Wildman–Crippen LogP) is 6.76. The van der Waals surface area contributed by atoms with Gasteiger partial charge in [-0.25, -0.2) is 14.2 Å².